The number of halogens is 1. The fourth-order valence-corrected chi connectivity index (χ4v) is 2.43. The molecule has 1 saturated heterocycles. The lowest BCUT2D eigenvalue weighted by Gasteiger charge is -2.31. The van der Waals surface area contributed by atoms with Crippen LogP contribution in [0.2, 0.25) is 0 Å². The zero-order valence-corrected chi connectivity index (χ0v) is 12.4. The van der Waals surface area contributed by atoms with Crippen molar-refractivity contribution < 1.29 is 4.79 Å². The quantitative estimate of drug-likeness (QED) is 0.893. The SMILES string of the molecule is CC(C(=O)NC1CCNCC1C)c1ccccc1.Cl. The normalized spacial score (nSPS) is 24.1. The molecule has 1 aliphatic rings. The van der Waals surface area contributed by atoms with Gasteiger partial charge in [-0.2, -0.15) is 0 Å². The van der Waals surface area contributed by atoms with Gasteiger partial charge in [-0.05, 0) is 37.9 Å². The summed E-state index contributed by atoms with van der Waals surface area (Å²) in [5, 5.41) is 6.54. The van der Waals surface area contributed by atoms with E-state index in [2.05, 4.69) is 17.6 Å². The van der Waals surface area contributed by atoms with E-state index >= 15 is 0 Å². The fraction of sp³-hybridized carbons (Fsp3) is 0.533. The second kappa shape index (κ2) is 7.51. The number of piperidine rings is 1. The summed E-state index contributed by atoms with van der Waals surface area (Å²) in [5.41, 5.74) is 1.08. The van der Waals surface area contributed by atoms with Crippen LogP contribution in [-0.2, 0) is 4.79 Å². The van der Waals surface area contributed by atoms with Crippen LogP contribution < -0.4 is 10.6 Å². The Morgan fingerprint density at radius 1 is 1.37 bits per heavy atom. The van der Waals surface area contributed by atoms with Crippen molar-refractivity contribution in [3.8, 4) is 0 Å². The van der Waals surface area contributed by atoms with E-state index in [-0.39, 0.29) is 24.2 Å². The highest BCUT2D eigenvalue weighted by Gasteiger charge is 2.24. The molecule has 1 aromatic carbocycles. The van der Waals surface area contributed by atoms with Crippen LogP contribution in [0, 0.1) is 5.92 Å². The van der Waals surface area contributed by atoms with Crippen LogP contribution in [0.4, 0.5) is 0 Å². The van der Waals surface area contributed by atoms with Gasteiger partial charge in [-0.1, -0.05) is 37.3 Å². The van der Waals surface area contributed by atoms with E-state index in [4.69, 9.17) is 0 Å². The van der Waals surface area contributed by atoms with Crippen molar-refractivity contribution in [1.29, 1.82) is 0 Å². The highest BCUT2D eigenvalue weighted by molar-refractivity contribution is 5.85. The molecule has 2 N–H and O–H groups in total. The third-order valence-corrected chi connectivity index (χ3v) is 3.81. The highest BCUT2D eigenvalue weighted by atomic mass is 35.5. The molecule has 3 nitrogen and oxygen atoms in total. The molecule has 1 aliphatic heterocycles. The van der Waals surface area contributed by atoms with Gasteiger partial charge in [-0.25, -0.2) is 0 Å². The Morgan fingerprint density at radius 3 is 2.68 bits per heavy atom. The first-order valence-electron chi connectivity index (χ1n) is 6.74. The van der Waals surface area contributed by atoms with Crippen LogP contribution in [0.25, 0.3) is 0 Å². The molecular formula is C15H23ClN2O. The van der Waals surface area contributed by atoms with Crippen molar-refractivity contribution in [2.24, 2.45) is 5.92 Å². The van der Waals surface area contributed by atoms with Crippen LogP contribution >= 0.6 is 12.4 Å². The lowest BCUT2D eigenvalue weighted by Crippen LogP contribution is -2.49. The first-order valence-corrected chi connectivity index (χ1v) is 6.74. The average Bonchev–Trinajstić information content (AvgIpc) is 2.41. The molecule has 3 atom stereocenters. The van der Waals surface area contributed by atoms with Gasteiger partial charge in [0, 0.05) is 6.04 Å². The monoisotopic (exact) mass is 282 g/mol. The minimum Gasteiger partial charge on any atom is -0.352 e. The average molecular weight is 283 g/mol. The summed E-state index contributed by atoms with van der Waals surface area (Å²) in [6.07, 6.45) is 1.02. The number of carbonyl (C=O) groups is 1. The van der Waals surface area contributed by atoms with Crippen molar-refractivity contribution in [1.82, 2.24) is 10.6 Å². The molecule has 0 radical (unpaired) electrons. The van der Waals surface area contributed by atoms with Gasteiger partial charge in [0.15, 0.2) is 0 Å². The second-order valence-electron chi connectivity index (χ2n) is 5.22. The minimum absolute atomic E-state index is 0. The predicted octanol–water partition coefficient (Wildman–Crippen LogP) is 2.33. The first-order chi connectivity index (χ1) is 8.68. The highest BCUT2D eigenvalue weighted by Crippen LogP contribution is 2.17. The Bertz CT molecular complexity index is 396. The van der Waals surface area contributed by atoms with Crippen LogP contribution in [0.1, 0.15) is 31.7 Å². The van der Waals surface area contributed by atoms with Gasteiger partial charge in [-0.15, -0.1) is 12.4 Å². The molecule has 1 heterocycles. The molecule has 106 valence electrons. The second-order valence-corrected chi connectivity index (χ2v) is 5.22. The third kappa shape index (κ3) is 4.22. The molecule has 2 rings (SSSR count). The Kier molecular flexibility index (Phi) is 6.32. The molecular weight excluding hydrogens is 260 g/mol. The van der Waals surface area contributed by atoms with Crippen molar-refractivity contribution >= 4 is 18.3 Å². The van der Waals surface area contributed by atoms with Gasteiger partial charge in [0.1, 0.15) is 0 Å². The van der Waals surface area contributed by atoms with E-state index in [9.17, 15) is 4.79 Å². The summed E-state index contributed by atoms with van der Waals surface area (Å²) in [4.78, 5) is 12.2. The first kappa shape index (κ1) is 16.0. The molecule has 1 amide bonds. The smallest absolute Gasteiger partial charge is 0.227 e. The Labute approximate surface area is 121 Å². The lowest BCUT2D eigenvalue weighted by atomic mass is 9.93. The molecule has 1 fully saturated rings. The molecule has 19 heavy (non-hydrogen) atoms. The molecule has 3 unspecified atom stereocenters. The predicted molar refractivity (Wildman–Crippen MR) is 80.7 cm³/mol. The van der Waals surface area contributed by atoms with Gasteiger partial charge in [0.2, 0.25) is 5.91 Å². The topological polar surface area (TPSA) is 41.1 Å². The van der Waals surface area contributed by atoms with Crippen LogP contribution in [0.3, 0.4) is 0 Å². The summed E-state index contributed by atoms with van der Waals surface area (Å²) in [5.74, 6) is 0.568. The van der Waals surface area contributed by atoms with E-state index in [0.717, 1.165) is 25.1 Å². The van der Waals surface area contributed by atoms with Crippen molar-refractivity contribution in [2.45, 2.75) is 32.2 Å². The zero-order chi connectivity index (χ0) is 13.0. The maximum absolute atomic E-state index is 12.2. The molecule has 0 bridgehead atoms. The maximum Gasteiger partial charge on any atom is 0.227 e. The molecule has 0 spiro atoms. The number of hydrogen-bond acceptors (Lipinski definition) is 2. The summed E-state index contributed by atoms with van der Waals surface area (Å²) in [7, 11) is 0. The van der Waals surface area contributed by atoms with E-state index in [0.29, 0.717) is 12.0 Å². The van der Waals surface area contributed by atoms with Gasteiger partial charge in [-0.3, -0.25) is 4.79 Å². The Balaban J connectivity index is 0.00000180. The van der Waals surface area contributed by atoms with Crippen LogP contribution in [0.5, 0.6) is 0 Å². The summed E-state index contributed by atoms with van der Waals surface area (Å²) in [6.45, 7) is 6.14. The minimum atomic E-state index is -0.0757. The van der Waals surface area contributed by atoms with Gasteiger partial charge in [0.25, 0.3) is 0 Å². The summed E-state index contributed by atoms with van der Waals surface area (Å²) < 4.78 is 0. The molecule has 0 aromatic heterocycles. The van der Waals surface area contributed by atoms with Gasteiger partial charge < -0.3 is 10.6 Å². The standard InChI is InChI=1S/C15H22N2O.ClH/c1-11-10-16-9-8-14(11)17-15(18)12(2)13-6-4-3-5-7-13;/h3-7,11-12,14,16H,8-10H2,1-2H3,(H,17,18);1H. The third-order valence-electron chi connectivity index (χ3n) is 3.81. The molecule has 4 heteroatoms. The summed E-state index contributed by atoms with van der Waals surface area (Å²) >= 11 is 0. The maximum atomic E-state index is 12.2. The van der Waals surface area contributed by atoms with Crippen molar-refractivity contribution in [3.05, 3.63) is 35.9 Å². The summed E-state index contributed by atoms with van der Waals surface area (Å²) in [6, 6.07) is 10.3. The number of benzene rings is 1. The number of nitrogens with one attached hydrogen (secondary N) is 2. The molecule has 0 saturated carbocycles. The zero-order valence-electron chi connectivity index (χ0n) is 11.6. The molecule has 1 aromatic rings. The van der Waals surface area contributed by atoms with Gasteiger partial charge >= 0.3 is 0 Å². The number of rotatable bonds is 3. The lowest BCUT2D eigenvalue weighted by molar-refractivity contribution is -0.123. The van der Waals surface area contributed by atoms with Crippen LogP contribution in [-0.4, -0.2) is 25.0 Å². The number of amides is 1. The van der Waals surface area contributed by atoms with Crippen molar-refractivity contribution in [3.63, 3.8) is 0 Å². The van der Waals surface area contributed by atoms with E-state index in [1.54, 1.807) is 0 Å². The Morgan fingerprint density at radius 2 is 2.05 bits per heavy atom. The van der Waals surface area contributed by atoms with Crippen LogP contribution in [0.15, 0.2) is 30.3 Å². The number of carbonyl (C=O) groups excluding carboxylic acids is 1. The molecule has 0 aliphatic carbocycles. The number of hydrogen-bond donors (Lipinski definition) is 2. The fourth-order valence-electron chi connectivity index (χ4n) is 2.43. The van der Waals surface area contributed by atoms with E-state index < -0.39 is 0 Å². The van der Waals surface area contributed by atoms with E-state index in [1.165, 1.54) is 0 Å². The van der Waals surface area contributed by atoms with Gasteiger partial charge in [0.05, 0.1) is 5.92 Å². The largest absolute Gasteiger partial charge is 0.352 e. The Hall–Kier alpha value is -1.06. The van der Waals surface area contributed by atoms with E-state index in [1.807, 2.05) is 37.3 Å². The van der Waals surface area contributed by atoms with Crippen molar-refractivity contribution in [2.75, 3.05) is 13.1 Å².